The number of hydrogen-bond acceptors (Lipinski definition) is 1. The molecule has 0 unspecified atom stereocenters. The van der Waals surface area contributed by atoms with Gasteiger partial charge in [0.2, 0.25) is 0 Å². The maximum Gasteiger partial charge on any atom is 0.0572 e. The molecule has 0 amide bonds. The molecule has 0 heterocycles. The summed E-state index contributed by atoms with van der Waals surface area (Å²) in [6, 6.07) is 0. The second-order valence-electron chi connectivity index (χ2n) is 5.44. The van der Waals surface area contributed by atoms with Crippen LogP contribution in [-0.2, 0) is 0 Å². The fourth-order valence-corrected chi connectivity index (χ4v) is 1.94. The van der Waals surface area contributed by atoms with Gasteiger partial charge >= 0.3 is 0 Å². The van der Waals surface area contributed by atoms with Crippen molar-refractivity contribution in [3.8, 4) is 0 Å². The smallest absolute Gasteiger partial charge is 0.0572 e. The van der Waals surface area contributed by atoms with Crippen molar-refractivity contribution in [2.24, 2.45) is 17.3 Å². The maximum atomic E-state index is 9.41. The molecule has 0 aromatic heterocycles. The molecule has 1 heteroatoms. The van der Waals surface area contributed by atoms with Crippen LogP contribution < -0.4 is 0 Å². The van der Waals surface area contributed by atoms with Crippen LogP contribution in [0.3, 0.4) is 0 Å². The Morgan fingerprint density at radius 3 is 2.47 bits per heavy atom. The van der Waals surface area contributed by atoms with E-state index in [0.717, 1.165) is 6.42 Å². The second kappa shape index (κ2) is 4.52. The molecule has 1 N–H and O–H groups in total. The Morgan fingerprint density at radius 2 is 2.07 bits per heavy atom. The first-order valence-corrected chi connectivity index (χ1v) is 5.89. The molecular formula is C14H24O. The highest BCUT2D eigenvalue weighted by molar-refractivity contribution is 5.22. The average Bonchev–Trinajstić information content (AvgIpc) is 2.39. The molecule has 0 spiro atoms. The zero-order valence-electron chi connectivity index (χ0n) is 10.6. The third kappa shape index (κ3) is 2.72. The molecule has 15 heavy (non-hydrogen) atoms. The first-order chi connectivity index (χ1) is 6.85. The fraction of sp³-hybridized carbons (Fsp3) is 0.714. The Kier molecular flexibility index (Phi) is 3.77. The van der Waals surface area contributed by atoms with Gasteiger partial charge in [-0.15, -0.1) is 0 Å². The van der Waals surface area contributed by atoms with Gasteiger partial charge in [-0.2, -0.15) is 0 Å². The summed E-state index contributed by atoms with van der Waals surface area (Å²) < 4.78 is 0. The van der Waals surface area contributed by atoms with Crippen LogP contribution in [0, 0.1) is 17.3 Å². The van der Waals surface area contributed by atoms with E-state index in [1.54, 1.807) is 0 Å². The summed E-state index contributed by atoms with van der Waals surface area (Å²) in [5.41, 5.74) is 1.77. The van der Waals surface area contributed by atoms with Crippen molar-refractivity contribution in [2.75, 3.05) is 0 Å². The average molecular weight is 208 g/mol. The minimum absolute atomic E-state index is 0.250. The molecule has 0 fully saturated rings. The first kappa shape index (κ1) is 12.5. The molecular weight excluding hydrogens is 184 g/mol. The van der Waals surface area contributed by atoms with Crippen LogP contribution in [0.25, 0.3) is 0 Å². The number of rotatable bonds is 3. The summed E-state index contributed by atoms with van der Waals surface area (Å²) in [5.74, 6) is 0.848. The number of hydrogen-bond donors (Lipinski definition) is 1. The van der Waals surface area contributed by atoms with Gasteiger partial charge in [-0.1, -0.05) is 44.6 Å². The number of aliphatic hydroxyl groups is 1. The lowest BCUT2D eigenvalue weighted by Gasteiger charge is -2.27. The van der Waals surface area contributed by atoms with E-state index >= 15 is 0 Å². The van der Waals surface area contributed by atoms with Gasteiger partial charge in [-0.25, -0.2) is 0 Å². The summed E-state index contributed by atoms with van der Waals surface area (Å²) in [7, 11) is 0. The van der Waals surface area contributed by atoms with E-state index < -0.39 is 0 Å². The van der Waals surface area contributed by atoms with Gasteiger partial charge in [0.25, 0.3) is 0 Å². The van der Waals surface area contributed by atoms with Crippen LogP contribution in [0.5, 0.6) is 0 Å². The minimum Gasteiger partial charge on any atom is -0.393 e. The molecule has 0 aromatic rings. The van der Waals surface area contributed by atoms with Gasteiger partial charge in [-0.3, -0.25) is 0 Å². The van der Waals surface area contributed by atoms with Crippen molar-refractivity contribution < 1.29 is 5.11 Å². The fourth-order valence-electron chi connectivity index (χ4n) is 1.94. The highest BCUT2D eigenvalue weighted by atomic mass is 16.3. The number of allylic oxidation sites excluding steroid dienone is 3. The molecule has 0 saturated heterocycles. The second-order valence-corrected chi connectivity index (χ2v) is 5.44. The lowest BCUT2D eigenvalue weighted by atomic mass is 9.77. The molecule has 0 saturated carbocycles. The van der Waals surface area contributed by atoms with Crippen molar-refractivity contribution in [3.63, 3.8) is 0 Å². The van der Waals surface area contributed by atoms with Crippen molar-refractivity contribution in [1.29, 1.82) is 0 Å². The zero-order valence-corrected chi connectivity index (χ0v) is 10.6. The molecule has 1 aliphatic rings. The Balaban J connectivity index is 2.62. The molecule has 1 aliphatic carbocycles. The highest BCUT2D eigenvalue weighted by Gasteiger charge is 2.32. The lowest BCUT2D eigenvalue weighted by molar-refractivity contribution is 0.156. The Bertz CT molecular complexity index is 271. The molecule has 0 radical (unpaired) electrons. The van der Waals surface area contributed by atoms with Crippen molar-refractivity contribution in [2.45, 2.75) is 47.1 Å². The Hall–Kier alpha value is -0.560. The third-order valence-electron chi connectivity index (χ3n) is 4.03. The van der Waals surface area contributed by atoms with Gasteiger partial charge in [-0.05, 0) is 37.5 Å². The van der Waals surface area contributed by atoms with Crippen molar-refractivity contribution in [3.05, 3.63) is 23.8 Å². The third-order valence-corrected chi connectivity index (χ3v) is 4.03. The van der Waals surface area contributed by atoms with Crippen LogP contribution in [0.2, 0.25) is 0 Å². The van der Waals surface area contributed by atoms with E-state index in [1.807, 2.05) is 6.92 Å². The number of aliphatic hydroxyl groups excluding tert-OH is 1. The predicted molar refractivity (Wildman–Crippen MR) is 65.6 cm³/mol. The molecule has 86 valence electrons. The van der Waals surface area contributed by atoms with Gasteiger partial charge < -0.3 is 5.11 Å². The quantitative estimate of drug-likeness (QED) is 0.703. The zero-order chi connectivity index (χ0) is 11.6. The minimum atomic E-state index is -0.250. The van der Waals surface area contributed by atoms with E-state index in [2.05, 4.69) is 45.9 Å². The lowest BCUT2D eigenvalue weighted by Crippen LogP contribution is -2.19. The predicted octanol–water partition coefficient (Wildman–Crippen LogP) is 3.55. The van der Waals surface area contributed by atoms with Crippen molar-refractivity contribution in [1.82, 2.24) is 0 Å². The standard InChI is InChI=1S/C14H24O/c1-10(12(3)15)6-8-13-9-7-11(2)14(13,4)5/h6-8,10,12-13,15H,9H2,1-5H3/b8-6+/t10-,12+,13-/m1/s1. The topological polar surface area (TPSA) is 20.2 Å². The van der Waals surface area contributed by atoms with Crippen LogP contribution >= 0.6 is 0 Å². The largest absolute Gasteiger partial charge is 0.393 e. The molecule has 3 atom stereocenters. The summed E-state index contributed by atoms with van der Waals surface area (Å²) in [6.45, 7) is 10.7. The van der Waals surface area contributed by atoms with E-state index in [1.165, 1.54) is 5.57 Å². The Morgan fingerprint density at radius 1 is 1.47 bits per heavy atom. The summed E-state index contributed by atoms with van der Waals surface area (Å²) >= 11 is 0. The van der Waals surface area contributed by atoms with E-state index in [-0.39, 0.29) is 17.4 Å². The van der Waals surface area contributed by atoms with Crippen LogP contribution in [-0.4, -0.2) is 11.2 Å². The van der Waals surface area contributed by atoms with Gasteiger partial charge in [0, 0.05) is 0 Å². The maximum absolute atomic E-state index is 9.41. The van der Waals surface area contributed by atoms with Crippen molar-refractivity contribution >= 4 is 0 Å². The summed E-state index contributed by atoms with van der Waals surface area (Å²) in [6.07, 6.45) is 7.66. The van der Waals surface area contributed by atoms with Crippen LogP contribution in [0.4, 0.5) is 0 Å². The van der Waals surface area contributed by atoms with Gasteiger partial charge in [0.05, 0.1) is 6.10 Å². The van der Waals surface area contributed by atoms with E-state index in [4.69, 9.17) is 0 Å². The molecule has 0 aromatic carbocycles. The molecule has 1 nitrogen and oxygen atoms in total. The first-order valence-electron chi connectivity index (χ1n) is 5.89. The monoisotopic (exact) mass is 208 g/mol. The molecule has 0 bridgehead atoms. The molecule has 1 rings (SSSR count). The normalized spacial score (nSPS) is 29.2. The molecule has 0 aliphatic heterocycles. The van der Waals surface area contributed by atoms with Crippen LogP contribution in [0.1, 0.15) is 41.0 Å². The van der Waals surface area contributed by atoms with Crippen LogP contribution in [0.15, 0.2) is 23.8 Å². The van der Waals surface area contributed by atoms with E-state index in [9.17, 15) is 5.11 Å². The highest BCUT2D eigenvalue weighted by Crippen LogP contribution is 2.43. The summed E-state index contributed by atoms with van der Waals surface area (Å²) in [5, 5.41) is 9.41. The van der Waals surface area contributed by atoms with Gasteiger partial charge in [0.15, 0.2) is 0 Å². The van der Waals surface area contributed by atoms with Gasteiger partial charge in [0.1, 0.15) is 0 Å². The Labute approximate surface area is 93.9 Å². The summed E-state index contributed by atoms with van der Waals surface area (Å²) in [4.78, 5) is 0. The SMILES string of the molecule is CC1=CC[C@@H](/C=C/[C@@H](C)[C@H](C)O)C1(C)C. The van der Waals surface area contributed by atoms with E-state index in [0.29, 0.717) is 5.92 Å².